The average molecular weight is 401 g/mol. The fourth-order valence-electron chi connectivity index (χ4n) is 1.81. The number of rotatable bonds is 5. The van der Waals surface area contributed by atoms with Crippen LogP contribution in [0.2, 0.25) is 0 Å². The Morgan fingerprint density at radius 3 is 2.65 bits per heavy atom. The monoisotopic (exact) mass is 401 g/mol. The Bertz CT molecular complexity index is 580. The molecule has 1 atom stereocenters. The lowest BCUT2D eigenvalue weighted by molar-refractivity contribution is 0.0940. The van der Waals surface area contributed by atoms with E-state index in [2.05, 4.69) is 27.9 Å². The van der Waals surface area contributed by atoms with Gasteiger partial charge in [-0.05, 0) is 60.2 Å². The van der Waals surface area contributed by atoms with Crippen molar-refractivity contribution >= 4 is 39.8 Å². The molecule has 2 aromatic rings. The zero-order valence-corrected chi connectivity index (χ0v) is 14.3. The highest BCUT2D eigenvalue weighted by Gasteiger charge is 2.12. The first kappa shape index (κ1) is 15.3. The minimum atomic E-state index is -0.0365. The number of carbonyl (C=O) groups is 1. The minimum Gasteiger partial charge on any atom is -0.494 e. The third-order valence-corrected chi connectivity index (χ3v) is 4.66. The van der Waals surface area contributed by atoms with Crippen molar-refractivity contribution in [2.75, 3.05) is 6.61 Å². The van der Waals surface area contributed by atoms with E-state index in [4.69, 9.17) is 4.74 Å². The predicted octanol–water partition coefficient (Wildman–Crippen LogP) is 4.24. The number of carbonyl (C=O) groups excluding carboxylic acids is 1. The molecule has 0 aliphatic rings. The summed E-state index contributed by atoms with van der Waals surface area (Å²) in [5, 5.41) is 4.88. The van der Waals surface area contributed by atoms with E-state index in [1.165, 1.54) is 0 Å². The number of nitrogens with one attached hydrogen (secondary N) is 1. The van der Waals surface area contributed by atoms with E-state index in [0.29, 0.717) is 6.61 Å². The van der Waals surface area contributed by atoms with E-state index in [1.807, 2.05) is 49.6 Å². The van der Waals surface area contributed by atoms with Crippen LogP contribution in [0.25, 0.3) is 0 Å². The molecule has 0 aliphatic heterocycles. The van der Waals surface area contributed by atoms with Crippen molar-refractivity contribution in [1.29, 1.82) is 0 Å². The molecule has 1 aromatic heterocycles. The molecule has 0 saturated carbocycles. The van der Waals surface area contributed by atoms with Crippen molar-refractivity contribution in [2.45, 2.75) is 19.9 Å². The van der Waals surface area contributed by atoms with Crippen molar-refractivity contribution in [3.05, 3.63) is 49.7 Å². The molecule has 1 amide bonds. The van der Waals surface area contributed by atoms with Crippen molar-refractivity contribution in [3.8, 4) is 5.75 Å². The molecule has 5 heteroatoms. The van der Waals surface area contributed by atoms with Gasteiger partial charge in [-0.2, -0.15) is 0 Å². The summed E-state index contributed by atoms with van der Waals surface area (Å²) >= 11 is 3.79. The highest BCUT2D eigenvalue weighted by atomic mass is 127. The summed E-state index contributed by atoms with van der Waals surface area (Å²) in [5.41, 5.74) is 1.78. The molecular weight excluding hydrogens is 385 g/mol. The van der Waals surface area contributed by atoms with Crippen LogP contribution in [0.4, 0.5) is 0 Å². The third kappa shape index (κ3) is 3.96. The Kier molecular flexibility index (Phi) is 5.42. The van der Waals surface area contributed by atoms with Crippen molar-refractivity contribution in [1.82, 2.24) is 5.32 Å². The maximum atomic E-state index is 12.1. The van der Waals surface area contributed by atoms with Crippen molar-refractivity contribution < 1.29 is 9.53 Å². The normalized spacial score (nSPS) is 11.9. The summed E-state index contributed by atoms with van der Waals surface area (Å²) in [7, 11) is 0. The SMILES string of the molecule is CCOc1ccc(C(C)NC(=O)c2csc(I)c2)cc1. The summed E-state index contributed by atoms with van der Waals surface area (Å²) in [6.45, 7) is 4.59. The van der Waals surface area contributed by atoms with Gasteiger partial charge in [-0.1, -0.05) is 12.1 Å². The van der Waals surface area contributed by atoms with Crippen LogP contribution < -0.4 is 10.1 Å². The van der Waals surface area contributed by atoms with E-state index < -0.39 is 0 Å². The van der Waals surface area contributed by atoms with E-state index in [0.717, 1.165) is 19.8 Å². The van der Waals surface area contributed by atoms with Crippen molar-refractivity contribution in [3.63, 3.8) is 0 Å². The lowest BCUT2D eigenvalue weighted by atomic mass is 10.1. The number of ether oxygens (including phenoxy) is 1. The molecule has 0 radical (unpaired) electrons. The van der Waals surface area contributed by atoms with Gasteiger partial charge >= 0.3 is 0 Å². The zero-order chi connectivity index (χ0) is 14.5. The molecule has 0 bridgehead atoms. The smallest absolute Gasteiger partial charge is 0.252 e. The van der Waals surface area contributed by atoms with E-state index in [1.54, 1.807) is 11.3 Å². The highest BCUT2D eigenvalue weighted by molar-refractivity contribution is 14.1. The standard InChI is InChI=1S/C15H16INO2S/c1-3-19-13-6-4-11(5-7-13)10(2)17-15(18)12-8-14(16)20-9-12/h4-10H,3H2,1-2H3,(H,17,18). The first-order chi connectivity index (χ1) is 9.60. The molecule has 1 N–H and O–H groups in total. The Labute approximate surface area is 136 Å². The predicted molar refractivity (Wildman–Crippen MR) is 90.5 cm³/mol. The van der Waals surface area contributed by atoms with Gasteiger partial charge in [-0.25, -0.2) is 0 Å². The Morgan fingerprint density at radius 2 is 2.10 bits per heavy atom. The number of thiophene rings is 1. The average Bonchev–Trinajstić information content (AvgIpc) is 2.86. The zero-order valence-electron chi connectivity index (χ0n) is 11.4. The Balaban J connectivity index is 2.00. The fraction of sp³-hybridized carbons (Fsp3) is 0.267. The largest absolute Gasteiger partial charge is 0.494 e. The van der Waals surface area contributed by atoms with E-state index >= 15 is 0 Å². The van der Waals surface area contributed by atoms with Crippen LogP contribution in [0, 0.1) is 2.88 Å². The number of amides is 1. The molecule has 0 aliphatic carbocycles. The first-order valence-electron chi connectivity index (χ1n) is 6.37. The van der Waals surface area contributed by atoms with Crippen LogP contribution >= 0.6 is 33.9 Å². The van der Waals surface area contributed by atoms with Crippen LogP contribution in [-0.4, -0.2) is 12.5 Å². The van der Waals surface area contributed by atoms with Crippen LogP contribution in [0.1, 0.15) is 35.8 Å². The molecule has 1 aromatic carbocycles. The van der Waals surface area contributed by atoms with Crippen LogP contribution in [0.3, 0.4) is 0 Å². The summed E-state index contributed by atoms with van der Waals surface area (Å²) < 4.78 is 6.52. The Morgan fingerprint density at radius 1 is 1.40 bits per heavy atom. The fourth-order valence-corrected chi connectivity index (χ4v) is 3.14. The summed E-state index contributed by atoms with van der Waals surface area (Å²) in [5.74, 6) is 0.813. The van der Waals surface area contributed by atoms with Gasteiger partial charge in [0.2, 0.25) is 0 Å². The lowest BCUT2D eigenvalue weighted by Crippen LogP contribution is -2.26. The van der Waals surface area contributed by atoms with Gasteiger partial charge in [0, 0.05) is 5.38 Å². The Hall–Kier alpha value is -1.08. The number of hydrogen-bond acceptors (Lipinski definition) is 3. The summed E-state index contributed by atoms with van der Waals surface area (Å²) in [6.07, 6.45) is 0. The molecule has 0 saturated heterocycles. The van der Waals surface area contributed by atoms with Crippen molar-refractivity contribution in [2.24, 2.45) is 0 Å². The van der Waals surface area contributed by atoms with E-state index in [-0.39, 0.29) is 11.9 Å². The number of halogens is 1. The number of benzene rings is 1. The number of hydrogen-bond donors (Lipinski definition) is 1. The molecule has 20 heavy (non-hydrogen) atoms. The molecule has 1 unspecified atom stereocenters. The van der Waals surface area contributed by atoms with Gasteiger partial charge in [-0.15, -0.1) is 11.3 Å². The maximum Gasteiger partial charge on any atom is 0.252 e. The van der Waals surface area contributed by atoms with E-state index in [9.17, 15) is 4.79 Å². The molecule has 1 heterocycles. The van der Waals surface area contributed by atoms with Crippen LogP contribution in [0.5, 0.6) is 5.75 Å². The molecular formula is C15H16INO2S. The molecule has 106 valence electrons. The molecule has 3 nitrogen and oxygen atoms in total. The second-order valence-corrected chi connectivity index (χ2v) is 7.14. The molecule has 0 spiro atoms. The second kappa shape index (κ2) is 7.08. The van der Waals surface area contributed by atoms with Gasteiger partial charge in [-0.3, -0.25) is 4.79 Å². The molecule has 2 rings (SSSR count). The minimum absolute atomic E-state index is 0.0317. The summed E-state index contributed by atoms with van der Waals surface area (Å²) in [4.78, 5) is 12.1. The van der Waals surface area contributed by atoms with Gasteiger partial charge < -0.3 is 10.1 Å². The van der Waals surface area contributed by atoms with Crippen LogP contribution in [-0.2, 0) is 0 Å². The third-order valence-electron chi connectivity index (χ3n) is 2.87. The second-order valence-electron chi connectivity index (χ2n) is 4.34. The summed E-state index contributed by atoms with van der Waals surface area (Å²) in [6, 6.07) is 9.67. The topological polar surface area (TPSA) is 38.3 Å². The highest BCUT2D eigenvalue weighted by Crippen LogP contribution is 2.20. The van der Waals surface area contributed by atoms with Gasteiger partial charge in [0.15, 0.2) is 0 Å². The first-order valence-corrected chi connectivity index (χ1v) is 8.33. The lowest BCUT2D eigenvalue weighted by Gasteiger charge is -2.14. The van der Waals surface area contributed by atoms with Gasteiger partial charge in [0.1, 0.15) is 5.75 Å². The quantitative estimate of drug-likeness (QED) is 0.762. The van der Waals surface area contributed by atoms with Gasteiger partial charge in [0.05, 0.1) is 21.1 Å². The maximum absolute atomic E-state index is 12.1. The van der Waals surface area contributed by atoms with Crippen LogP contribution in [0.15, 0.2) is 35.7 Å². The van der Waals surface area contributed by atoms with Gasteiger partial charge in [0.25, 0.3) is 5.91 Å². The molecule has 0 fully saturated rings.